The minimum Gasteiger partial charge on any atom is -0.550 e. The number of carbonyl (C=O) groups is 3. The van der Waals surface area contributed by atoms with Gasteiger partial charge in [0.15, 0.2) is 0 Å². The fourth-order valence-electron chi connectivity index (χ4n) is 0.684. The van der Waals surface area contributed by atoms with Gasteiger partial charge in [-0.1, -0.05) is 0 Å². The van der Waals surface area contributed by atoms with Gasteiger partial charge < -0.3 is 34.8 Å². The van der Waals surface area contributed by atoms with Gasteiger partial charge in [-0.05, 0) is 0 Å². The minimum atomic E-state index is -2.97. The molecule has 1 radical (unpaired) electrons. The smallest absolute Gasteiger partial charge is 0.550 e. The van der Waals surface area contributed by atoms with Crippen LogP contribution in [0.3, 0.4) is 0 Å². The maximum absolute atomic E-state index is 10.1. The number of aliphatic hydroxyl groups is 1. The Morgan fingerprint density at radius 2 is 1.29 bits per heavy atom. The van der Waals surface area contributed by atoms with Gasteiger partial charge in [0.25, 0.3) is 0 Å². The standard InChI is InChI=1S/C6H8O7.Ni/c7-3(8)1-6(13,5(11)12)2-4(9)10;/h13H,1-2H2,(H,7,8)(H,9,10)(H,11,12);/q;+3/p-3. The molecule has 0 amide bonds. The zero-order valence-electron chi connectivity index (χ0n) is 6.63. The van der Waals surface area contributed by atoms with Crippen LogP contribution in [0.5, 0.6) is 0 Å². The molecule has 81 valence electrons. The van der Waals surface area contributed by atoms with Crippen molar-refractivity contribution in [3.8, 4) is 0 Å². The average molecular weight is 248 g/mol. The molecule has 0 saturated carbocycles. The Morgan fingerprint density at radius 1 is 1.00 bits per heavy atom. The van der Waals surface area contributed by atoms with Crippen molar-refractivity contribution in [1.29, 1.82) is 0 Å². The minimum absolute atomic E-state index is 0. The van der Waals surface area contributed by atoms with Crippen LogP contribution in [0, 0.1) is 0 Å². The number of carboxylic acid groups (broad SMARTS) is 3. The summed E-state index contributed by atoms with van der Waals surface area (Å²) < 4.78 is 0. The third-order valence-corrected chi connectivity index (χ3v) is 1.25. The topological polar surface area (TPSA) is 141 Å². The van der Waals surface area contributed by atoms with E-state index in [0.29, 0.717) is 0 Å². The Kier molecular flexibility index (Phi) is 6.10. The molecular weight excluding hydrogens is 243 g/mol. The molecule has 0 atom stereocenters. The van der Waals surface area contributed by atoms with Crippen molar-refractivity contribution in [3.63, 3.8) is 0 Å². The number of aliphatic carboxylic acids is 3. The van der Waals surface area contributed by atoms with E-state index in [1.165, 1.54) is 0 Å². The number of rotatable bonds is 5. The second-order valence-corrected chi connectivity index (χ2v) is 2.42. The molecule has 0 saturated heterocycles. The van der Waals surface area contributed by atoms with E-state index in [-0.39, 0.29) is 16.5 Å². The first-order chi connectivity index (χ1) is 5.78. The molecular formula is C6H5NiO7. The molecule has 0 rings (SSSR count). The number of hydrogen-bond donors (Lipinski definition) is 1. The van der Waals surface area contributed by atoms with Crippen molar-refractivity contribution in [1.82, 2.24) is 0 Å². The molecule has 0 aliphatic rings. The SMILES string of the molecule is O=C([O-])CC(O)(CC(=O)[O-])C(=O)[O-].[Ni+3]. The molecule has 7 nitrogen and oxygen atoms in total. The van der Waals surface area contributed by atoms with Crippen LogP contribution in [0.2, 0.25) is 0 Å². The normalized spacial score (nSPS) is 10.1. The summed E-state index contributed by atoms with van der Waals surface area (Å²) in [5.41, 5.74) is -2.97. The molecule has 8 heteroatoms. The van der Waals surface area contributed by atoms with Crippen LogP contribution in [0.25, 0.3) is 0 Å². The first-order valence-electron chi connectivity index (χ1n) is 3.11. The predicted octanol–water partition coefficient (Wildman–Crippen LogP) is -5.26. The maximum atomic E-state index is 10.1. The molecule has 0 aromatic heterocycles. The van der Waals surface area contributed by atoms with Crippen LogP contribution in [-0.4, -0.2) is 28.6 Å². The van der Waals surface area contributed by atoms with Gasteiger partial charge in [-0.2, -0.15) is 0 Å². The van der Waals surface area contributed by atoms with E-state index in [1.807, 2.05) is 0 Å². The quantitative estimate of drug-likeness (QED) is 0.479. The van der Waals surface area contributed by atoms with Crippen LogP contribution >= 0.6 is 0 Å². The summed E-state index contributed by atoms with van der Waals surface area (Å²) in [5.74, 6) is -5.98. The Bertz CT molecular complexity index is 233. The van der Waals surface area contributed by atoms with E-state index in [4.69, 9.17) is 5.11 Å². The first kappa shape index (κ1) is 15.3. The van der Waals surface area contributed by atoms with E-state index in [9.17, 15) is 29.7 Å². The first-order valence-corrected chi connectivity index (χ1v) is 3.11. The van der Waals surface area contributed by atoms with Crippen molar-refractivity contribution >= 4 is 17.9 Å². The van der Waals surface area contributed by atoms with Gasteiger partial charge in [0.2, 0.25) is 0 Å². The van der Waals surface area contributed by atoms with Crippen LogP contribution < -0.4 is 15.3 Å². The largest absolute Gasteiger partial charge is 3.00 e. The second-order valence-electron chi connectivity index (χ2n) is 2.42. The van der Waals surface area contributed by atoms with Crippen LogP contribution in [0.4, 0.5) is 0 Å². The fourth-order valence-corrected chi connectivity index (χ4v) is 0.684. The van der Waals surface area contributed by atoms with Gasteiger partial charge in [-0.15, -0.1) is 0 Å². The van der Waals surface area contributed by atoms with E-state index < -0.39 is 36.4 Å². The zero-order valence-corrected chi connectivity index (χ0v) is 7.61. The Morgan fingerprint density at radius 3 is 1.43 bits per heavy atom. The van der Waals surface area contributed by atoms with Crippen LogP contribution in [0.15, 0.2) is 0 Å². The molecule has 0 spiro atoms. The molecule has 0 aliphatic heterocycles. The fraction of sp³-hybridized carbons (Fsp3) is 0.500. The Balaban J connectivity index is 0. The van der Waals surface area contributed by atoms with Gasteiger partial charge in [0.05, 0.1) is 5.97 Å². The molecule has 0 fully saturated rings. The molecule has 0 aromatic rings. The molecule has 0 aliphatic carbocycles. The van der Waals surface area contributed by atoms with Crippen molar-refractivity contribution in [3.05, 3.63) is 0 Å². The van der Waals surface area contributed by atoms with E-state index in [0.717, 1.165) is 0 Å². The summed E-state index contributed by atoms with van der Waals surface area (Å²) in [4.78, 5) is 30.0. The van der Waals surface area contributed by atoms with Crippen LogP contribution in [0.1, 0.15) is 12.8 Å². The maximum Gasteiger partial charge on any atom is 3.00 e. The molecule has 0 heterocycles. The van der Waals surface area contributed by atoms with Gasteiger partial charge >= 0.3 is 16.5 Å². The summed E-state index contributed by atoms with van der Waals surface area (Å²) in [6.07, 6.45) is -2.72. The van der Waals surface area contributed by atoms with Gasteiger partial charge in [-0.25, -0.2) is 0 Å². The summed E-state index contributed by atoms with van der Waals surface area (Å²) in [7, 11) is 0. The van der Waals surface area contributed by atoms with Crippen molar-refractivity contribution in [2.45, 2.75) is 18.4 Å². The van der Waals surface area contributed by atoms with E-state index in [2.05, 4.69) is 0 Å². The predicted molar refractivity (Wildman–Crippen MR) is 29.2 cm³/mol. The molecule has 1 N–H and O–H groups in total. The molecule has 0 bridgehead atoms. The molecule has 14 heavy (non-hydrogen) atoms. The van der Waals surface area contributed by atoms with E-state index in [1.54, 1.807) is 0 Å². The molecule has 0 aromatic carbocycles. The number of hydrogen-bond acceptors (Lipinski definition) is 7. The summed E-state index contributed by atoms with van der Waals surface area (Å²) in [5, 5.41) is 38.9. The van der Waals surface area contributed by atoms with Crippen molar-refractivity contribution in [2.75, 3.05) is 0 Å². The van der Waals surface area contributed by atoms with Crippen molar-refractivity contribution < 1.29 is 51.3 Å². The monoisotopic (exact) mass is 247 g/mol. The van der Waals surface area contributed by atoms with Gasteiger partial charge in [0, 0.05) is 24.8 Å². The summed E-state index contributed by atoms with van der Waals surface area (Å²) in [6, 6.07) is 0. The third kappa shape index (κ3) is 4.78. The zero-order chi connectivity index (χ0) is 10.6. The summed E-state index contributed by atoms with van der Waals surface area (Å²) >= 11 is 0. The van der Waals surface area contributed by atoms with E-state index >= 15 is 0 Å². The Hall–Kier alpha value is -1.14. The second kappa shape index (κ2) is 5.56. The third-order valence-electron chi connectivity index (χ3n) is 1.25. The van der Waals surface area contributed by atoms with Crippen molar-refractivity contribution in [2.24, 2.45) is 0 Å². The average Bonchev–Trinajstić information content (AvgIpc) is 1.82. The van der Waals surface area contributed by atoms with Gasteiger partial charge in [-0.3, -0.25) is 0 Å². The summed E-state index contributed by atoms with van der Waals surface area (Å²) in [6.45, 7) is 0. The molecule has 0 unspecified atom stereocenters. The van der Waals surface area contributed by atoms with Crippen LogP contribution in [-0.2, 0) is 30.9 Å². The number of carbonyl (C=O) groups excluding carboxylic acids is 3. The van der Waals surface area contributed by atoms with Gasteiger partial charge in [0.1, 0.15) is 5.60 Å². The number of carboxylic acids is 3. The Labute approximate surface area is 88.3 Å².